The molecule has 1 fully saturated rings. The maximum atomic E-state index is 12.9. The van der Waals surface area contributed by atoms with Crippen LogP contribution < -0.4 is 4.74 Å². The Morgan fingerprint density at radius 2 is 1.81 bits per heavy atom. The monoisotopic (exact) mass is 452 g/mol. The molecule has 0 bridgehead atoms. The Balaban J connectivity index is 1.62. The highest BCUT2D eigenvalue weighted by atomic mass is 32.2. The van der Waals surface area contributed by atoms with Crippen LogP contribution in [0.15, 0.2) is 48.5 Å². The fourth-order valence-corrected chi connectivity index (χ4v) is 4.35. The van der Waals surface area contributed by atoms with E-state index in [0.717, 1.165) is 29.1 Å². The number of nitrogens with zero attached hydrogens (tertiary/aromatic N) is 2. The summed E-state index contributed by atoms with van der Waals surface area (Å²) in [4.78, 5) is 26.4. The Morgan fingerprint density at radius 3 is 2.41 bits per heavy atom. The van der Waals surface area contributed by atoms with Gasteiger partial charge < -0.3 is 14.4 Å². The minimum Gasteiger partial charge on any atom is -0.491 e. The molecule has 1 amide bonds. The van der Waals surface area contributed by atoms with Crippen molar-refractivity contribution < 1.29 is 19.1 Å². The maximum Gasteiger partial charge on any atom is 0.306 e. The highest BCUT2D eigenvalue weighted by molar-refractivity contribution is 7.98. The molecule has 7 heteroatoms. The molecule has 1 aliphatic heterocycles. The summed E-state index contributed by atoms with van der Waals surface area (Å²) < 4.78 is 10.8. The highest BCUT2D eigenvalue weighted by Gasteiger charge is 2.40. The first-order valence-electron chi connectivity index (χ1n) is 10.6. The number of carbonyl (C=O) groups excluding carboxylic acids is 2. The second-order valence-electron chi connectivity index (χ2n) is 7.77. The quantitative estimate of drug-likeness (QED) is 0.398. The van der Waals surface area contributed by atoms with Crippen LogP contribution in [0.2, 0.25) is 0 Å². The summed E-state index contributed by atoms with van der Waals surface area (Å²) in [6.45, 7) is 1.06. The van der Waals surface area contributed by atoms with Gasteiger partial charge in [0.25, 0.3) is 0 Å². The third kappa shape index (κ3) is 6.04. The molecule has 3 rings (SSSR count). The van der Waals surface area contributed by atoms with Gasteiger partial charge in [0.2, 0.25) is 5.91 Å². The number of thioether (sulfide) groups is 1. The number of rotatable bonds is 10. The van der Waals surface area contributed by atoms with Crippen LogP contribution >= 0.6 is 11.8 Å². The van der Waals surface area contributed by atoms with E-state index in [-0.39, 0.29) is 30.3 Å². The van der Waals surface area contributed by atoms with Crippen molar-refractivity contribution in [1.29, 1.82) is 5.26 Å². The van der Waals surface area contributed by atoms with Gasteiger partial charge in [0.1, 0.15) is 12.4 Å². The summed E-state index contributed by atoms with van der Waals surface area (Å²) in [5.41, 5.74) is 2.70. The second-order valence-corrected chi connectivity index (χ2v) is 8.75. The number of hydrogen-bond acceptors (Lipinski definition) is 6. The standard InChI is InChI=1S/C25H28N2O4S/c1-30-24(28)15-21-14-22(27(25(21)29)12-3-13-32-2)17-31-23-10-8-20(9-11-23)19-6-4-18(16-26)5-7-19/h4-11,21-22H,3,12-15,17H2,1-2H3. The zero-order valence-electron chi connectivity index (χ0n) is 18.5. The van der Waals surface area contributed by atoms with E-state index in [1.165, 1.54) is 7.11 Å². The van der Waals surface area contributed by atoms with Gasteiger partial charge in [0.05, 0.1) is 37.1 Å². The molecular weight excluding hydrogens is 424 g/mol. The third-order valence-electron chi connectivity index (χ3n) is 5.66. The summed E-state index contributed by atoms with van der Waals surface area (Å²) in [6.07, 6.45) is 3.67. The lowest BCUT2D eigenvalue weighted by Gasteiger charge is -2.25. The Labute approximate surface area is 193 Å². The molecule has 0 radical (unpaired) electrons. The van der Waals surface area contributed by atoms with Crippen molar-refractivity contribution in [3.63, 3.8) is 0 Å². The number of benzene rings is 2. The number of hydrogen-bond donors (Lipinski definition) is 0. The van der Waals surface area contributed by atoms with Crippen LogP contribution in [-0.4, -0.2) is 55.1 Å². The molecule has 1 aliphatic rings. The lowest BCUT2D eigenvalue weighted by molar-refractivity contribution is -0.144. The van der Waals surface area contributed by atoms with E-state index in [2.05, 4.69) is 6.07 Å². The summed E-state index contributed by atoms with van der Waals surface area (Å²) in [5.74, 6) is 1.03. The Hall–Kier alpha value is -2.98. The predicted octanol–water partition coefficient (Wildman–Crippen LogP) is 4.14. The minimum atomic E-state index is -0.354. The van der Waals surface area contributed by atoms with Crippen molar-refractivity contribution >= 4 is 23.6 Å². The van der Waals surface area contributed by atoms with Gasteiger partial charge in [0.15, 0.2) is 0 Å². The van der Waals surface area contributed by atoms with Gasteiger partial charge in [-0.3, -0.25) is 9.59 Å². The van der Waals surface area contributed by atoms with Crippen molar-refractivity contribution in [2.45, 2.75) is 25.3 Å². The van der Waals surface area contributed by atoms with Gasteiger partial charge in [-0.05, 0) is 60.2 Å². The van der Waals surface area contributed by atoms with Gasteiger partial charge >= 0.3 is 5.97 Å². The molecule has 0 aromatic heterocycles. The first kappa shape index (κ1) is 23.7. The van der Waals surface area contributed by atoms with E-state index in [1.807, 2.05) is 47.6 Å². The molecule has 2 aromatic carbocycles. The average Bonchev–Trinajstić information content (AvgIpc) is 3.12. The third-order valence-corrected chi connectivity index (χ3v) is 6.36. The van der Waals surface area contributed by atoms with Gasteiger partial charge in [-0.25, -0.2) is 0 Å². The number of nitriles is 1. The number of ether oxygens (including phenoxy) is 2. The Kier molecular flexibility index (Phi) is 8.57. The van der Waals surface area contributed by atoms with Crippen LogP contribution in [-0.2, 0) is 14.3 Å². The van der Waals surface area contributed by atoms with E-state index in [4.69, 9.17) is 14.7 Å². The fraction of sp³-hybridized carbons (Fsp3) is 0.400. The Bertz CT molecular complexity index is 953. The van der Waals surface area contributed by atoms with E-state index in [0.29, 0.717) is 25.1 Å². The molecule has 0 N–H and O–H groups in total. The van der Waals surface area contributed by atoms with Gasteiger partial charge in [-0.15, -0.1) is 0 Å². The molecule has 32 heavy (non-hydrogen) atoms. The van der Waals surface area contributed by atoms with Crippen LogP contribution in [0.1, 0.15) is 24.8 Å². The Morgan fingerprint density at radius 1 is 1.16 bits per heavy atom. The lowest BCUT2D eigenvalue weighted by Crippen LogP contribution is -2.38. The normalized spacial score (nSPS) is 17.8. The molecular formula is C25H28N2O4S. The van der Waals surface area contributed by atoms with E-state index < -0.39 is 0 Å². The highest BCUT2D eigenvalue weighted by Crippen LogP contribution is 2.29. The van der Waals surface area contributed by atoms with Gasteiger partial charge in [-0.2, -0.15) is 17.0 Å². The molecule has 2 unspecified atom stereocenters. The van der Waals surface area contributed by atoms with E-state index in [1.54, 1.807) is 23.9 Å². The molecule has 2 aromatic rings. The molecule has 0 saturated carbocycles. The summed E-state index contributed by atoms with van der Waals surface area (Å²) in [6, 6.07) is 17.3. The summed E-state index contributed by atoms with van der Waals surface area (Å²) in [5, 5.41) is 8.94. The van der Waals surface area contributed by atoms with Crippen LogP contribution in [0.3, 0.4) is 0 Å². The average molecular weight is 453 g/mol. The van der Waals surface area contributed by atoms with Crippen molar-refractivity contribution in [2.24, 2.45) is 5.92 Å². The first-order chi connectivity index (χ1) is 15.5. The van der Waals surface area contributed by atoms with E-state index in [9.17, 15) is 9.59 Å². The predicted molar refractivity (Wildman–Crippen MR) is 125 cm³/mol. The molecule has 168 valence electrons. The van der Waals surface area contributed by atoms with Crippen LogP contribution in [0, 0.1) is 17.2 Å². The molecule has 1 saturated heterocycles. The smallest absolute Gasteiger partial charge is 0.306 e. The first-order valence-corrected chi connectivity index (χ1v) is 12.0. The zero-order chi connectivity index (χ0) is 22.9. The number of methoxy groups -OCH3 is 1. The number of esters is 1. The topological polar surface area (TPSA) is 79.6 Å². The van der Waals surface area contributed by atoms with Crippen molar-refractivity contribution in [2.75, 3.05) is 32.3 Å². The largest absolute Gasteiger partial charge is 0.491 e. The maximum absolute atomic E-state index is 12.9. The van der Waals surface area contributed by atoms with Crippen LogP contribution in [0.25, 0.3) is 11.1 Å². The second kappa shape index (κ2) is 11.6. The zero-order valence-corrected chi connectivity index (χ0v) is 19.3. The minimum absolute atomic E-state index is 0.0151. The summed E-state index contributed by atoms with van der Waals surface area (Å²) in [7, 11) is 1.35. The number of amides is 1. The number of likely N-dealkylation sites (tertiary alicyclic amines) is 1. The number of carbonyl (C=O) groups is 2. The fourth-order valence-electron chi connectivity index (χ4n) is 3.93. The molecule has 0 spiro atoms. The van der Waals surface area contributed by atoms with Gasteiger partial charge in [-0.1, -0.05) is 24.3 Å². The van der Waals surface area contributed by atoms with Gasteiger partial charge in [0, 0.05) is 6.54 Å². The lowest BCUT2D eigenvalue weighted by atomic mass is 10.0. The molecule has 1 heterocycles. The van der Waals surface area contributed by atoms with Crippen molar-refractivity contribution in [1.82, 2.24) is 4.90 Å². The van der Waals surface area contributed by atoms with Crippen LogP contribution in [0.4, 0.5) is 0 Å². The SMILES string of the molecule is COC(=O)CC1CC(COc2ccc(-c3ccc(C#N)cc3)cc2)N(CCCSC)C1=O. The molecule has 0 aliphatic carbocycles. The van der Waals surface area contributed by atoms with E-state index >= 15 is 0 Å². The molecule has 2 atom stereocenters. The van der Waals surface area contributed by atoms with Crippen molar-refractivity contribution in [3.8, 4) is 22.9 Å². The van der Waals surface area contributed by atoms with Crippen LogP contribution in [0.5, 0.6) is 5.75 Å². The van der Waals surface area contributed by atoms with Crippen molar-refractivity contribution in [3.05, 3.63) is 54.1 Å². The molecule has 6 nitrogen and oxygen atoms in total. The summed E-state index contributed by atoms with van der Waals surface area (Å²) >= 11 is 1.76.